The number of hydrogen-bond acceptors (Lipinski definition) is 8. The van der Waals surface area contributed by atoms with Crippen LogP contribution in [-0.4, -0.2) is 61.4 Å². The van der Waals surface area contributed by atoms with Crippen LogP contribution in [0.2, 0.25) is 0 Å². The zero-order valence-corrected chi connectivity index (χ0v) is 19.6. The number of rotatable bonds is 6. The molecule has 34 heavy (non-hydrogen) atoms. The Bertz CT molecular complexity index is 930. The molecule has 1 saturated heterocycles. The summed E-state index contributed by atoms with van der Waals surface area (Å²) >= 11 is 0. The smallest absolute Gasteiger partial charge is 0.462 e. The lowest BCUT2D eigenvalue weighted by Gasteiger charge is -2.57. The largest absolute Gasteiger partial charge is 0.465 e. The highest BCUT2D eigenvalue weighted by Crippen LogP contribution is 2.61. The van der Waals surface area contributed by atoms with E-state index in [0.717, 1.165) is 32.1 Å². The van der Waals surface area contributed by atoms with Gasteiger partial charge in [0, 0.05) is 12.8 Å². The minimum absolute atomic E-state index is 0.0847. The monoisotopic (exact) mass is 508 g/mol. The molecule has 192 valence electrons. The molecule has 4 bridgehead atoms. The molecule has 0 aromatic heterocycles. The van der Waals surface area contributed by atoms with E-state index in [0.29, 0.717) is 38.7 Å². The van der Waals surface area contributed by atoms with Gasteiger partial charge in [-0.05, 0) is 62.7 Å². The summed E-state index contributed by atoms with van der Waals surface area (Å²) in [4.78, 5) is 25.0. The average molecular weight is 509 g/mol. The summed E-state index contributed by atoms with van der Waals surface area (Å²) in [5.41, 5.74) is -0.771. The Morgan fingerprint density at radius 1 is 1.06 bits per heavy atom. The van der Waals surface area contributed by atoms with Crippen molar-refractivity contribution in [3.8, 4) is 0 Å². The Kier molecular flexibility index (Phi) is 5.97. The van der Waals surface area contributed by atoms with Gasteiger partial charge in [0.15, 0.2) is 5.79 Å². The van der Waals surface area contributed by atoms with Gasteiger partial charge in [0.1, 0.15) is 18.8 Å². The van der Waals surface area contributed by atoms with Crippen molar-refractivity contribution >= 4 is 22.1 Å². The van der Waals surface area contributed by atoms with E-state index in [9.17, 15) is 26.8 Å². The highest BCUT2D eigenvalue weighted by Gasteiger charge is 2.62. The van der Waals surface area contributed by atoms with Crippen molar-refractivity contribution < 1.29 is 50.3 Å². The molecule has 1 N–H and O–H groups in total. The fourth-order valence-electron chi connectivity index (χ4n) is 7.09. The zero-order chi connectivity index (χ0) is 24.4. The van der Waals surface area contributed by atoms with Gasteiger partial charge in [0.05, 0.1) is 12.0 Å². The zero-order valence-electron chi connectivity index (χ0n) is 18.7. The van der Waals surface area contributed by atoms with E-state index < -0.39 is 38.6 Å². The van der Waals surface area contributed by atoms with Crippen LogP contribution < -0.4 is 0 Å². The van der Waals surface area contributed by atoms with Gasteiger partial charge >= 0.3 is 27.3 Å². The van der Waals surface area contributed by atoms with Gasteiger partial charge in [-0.3, -0.25) is 9.35 Å². The minimum atomic E-state index is -5.93. The summed E-state index contributed by atoms with van der Waals surface area (Å²) in [5, 5.41) is -5.03. The number of carbonyl (C=O) groups excluding carboxylic acids is 2. The number of ether oxygens (including phenoxy) is 4. The first-order valence-corrected chi connectivity index (χ1v) is 13.4. The summed E-state index contributed by atoms with van der Waals surface area (Å²) in [7, 11) is -5.93. The molecular formula is C22H30F2O9S. The summed E-state index contributed by atoms with van der Waals surface area (Å²) in [5.74, 6) is -3.71. The van der Waals surface area contributed by atoms with Crippen molar-refractivity contribution in [1.29, 1.82) is 0 Å². The highest BCUT2D eigenvalue weighted by molar-refractivity contribution is 7.87. The first kappa shape index (κ1) is 24.3. The van der Waals surface area contributed by atoms with E-state index >= 15 is 0 Å². The van der Waals surface area contributed by atoms with Gasteiger partial charge < -0.3 is 18.9 Å². The lowest BCUT2D eigenvalue weighted by atomic mass is 9.48. The predicted octanol–water partition coefficient (Wildman–Crippen LogP) is 2.82. The quantitative estimate of drug-likeness (QED) is 0.426. The SMILES string of the molecule is O=C(OCC1COC2(CCCCC2)O1)C12CC3CC(C1)C(OC(=O)C(F)(F)S(=O)(=O)O)C(C3)C2. The van der Waals surface area contributed by atoms with Crippen molar-refractivity contribution in [3.63, 3.8) is 0 Å². The number of alkyl halides is 2. The molecule has 1 spiro atoms. The topological polar surface area (TPSA) is 125 Å². The standard InChI is InChI=1S/C22H30F2O9S/c23-22(24,34(27,28)29)19(26)32-17-14-6-13-7-15(17)10-20(8-13,9-14)18(25)30-11-16-12-31-21(33-16)4-2-1-3-5-21/h13-17H,1-12H2,(H,27,28,29). The van der Waals surface area contributed by atoms with Gasteiger partial charge in [0.2, 0.25) is 0 Å². The fraction of sp³-hybridized carbons (Fsp3) is 0.909. The molecule has 0 aromatic rings. The molecular weight excluding hydrogens is 478 g/mol. The van der Waals surface area contributed by atoms with Gasteiger partial charge in [-0.2, -0.15) is 17.2 Å². The van der Waals surface area contributed by atoms with E-state index in [-0.39, 0.29) is 36.4 Å². The number of halogens is 2. The van der Waals surface area contributed by atoms with Crippen LogP contribution >= 0.6 is 0 Å². The van der Waals surface area contributed by atoms with Crippen LogP contribution in [-0.2, 0) is 38.7 Å². The van der Waals surface area contributed by atoms with Crippen LogP contribution in [0.15, 0.2) is 0 Å². The van der Waals surface area contributed by atoms with E-state index in [4.69, 9.17) is 23.5 Å². The fourth-order valence-corrected chi connectivity index (χ4v) is 7.35. The molecule has 0 amide bonds. The number of hydrogen-bond donors (Lipinski definition) is 1. The molecule has 6 aliphatic rings. The van der Waals surface area contributed by atoms with E-state index in [2.05, 4.69) is 0 Å². The molecule has 1 aliphatic heterocycles. The predicted molar refractivity (Wildman–Crippen MR) is 110 cm³/mol. The normalized spacial score (nSPS) is 38.7. The number of carbonyl (C=O) groups is 2. The second-order valence-electron chi connectivity index (χ2n) is 10.7. The van der Waals surface area contributed by atoms with Gasteiger partial charge in [-0.15, -0.1) is 0 Å². The van der Waals surface area contributed by atoms with Gasteiger partial charge in [-0.25, -0.2) is 4.79 Å². The van der Waals surface area contributed by atoms with Crippen LogP contribution in [0.25, 0.3) is 0 Å². The molecule has 0 aromatic carbocycles. The van der Waals surface area contributed by atoms with Crippen molar-refractivity contribution in [1.82, 2.24) is 0 Å². The lowest BCUT2D eigenvalue weighted by Crippen LogP contribution is -2.58. The lowest BCUT2D eigenvalue weighted by molar-refractivity contribution is -0.208. The van der Waals surface area contributed by atoms with E-state index in [1.54, 1.807) is 0 Å². The molecule has 6 rings (SSSR count). The molecule has 1 heterocycles. The molecule has 9 nitrogen and oxygen atoms in total. The Labute approximate surface area is 196 Å². The van der Waals surface area contributed by atoms with Crippen molar-refractivity contribution in [2.75, 3.05) is 13.2 Å². The molecule has 0 radical (unpaired) electrons. The van der Waals surface area contributed by atoms with E-state index in [1.165, 1.54) is 0 Å². The molecule has 3 atom stereocenters. The van der Waals surface area contributed by atoms with Gasteiger partial charge in [-0.1, -0.05) is 6.42 Å². The third-order valence-electron chi connectivity index (χ3n) is 8.35. The summed E-state index contributed by atoms with van der Waals surface area (Å²) in [6.07, 6.45) is 6.14. The maximum Gasteiger partial charge on any atom is 0.465 e. The summed E-state index contributed by atoms with van der Waals surface area (Å²) in [6, 6.07) is 0. The average Bonchev–Trinajstić information content (AvgIpc) is 3.15. The Morgan fingerprint density at radius 2 is 1.71 bits per heavy atom. The molecule has 12 heteroatoms. The molecule has 3 unspecified atom stereocenters. The van der Waals surface area contributed by atoms with Gasteiger partial charge in [0.25, 0.3) is 0 Å². The molecule has 5 aliphatic carbocycles. The summed E-state index contributed by atoms with van der Waals surface area (Å²) < 4.78 is 80.5. The maximum absolute atomic E-state index is 13.7. The van der Waals surface area contributed by atoms with Crippen molar-refractivity contribution in [2.45, 2.75) is 87.5 Å². The Morgan fingerprint density at radius 3 is 2.32 bits per heavy atom. The van der Waals surface area contributed by atoms with Crippen LogP contribution in [0.4, 0.5) is 8.78 Å². The molecule has 5 saturated carbocycles. The van der Waals surface area contributed by atoms with Crippen molar-refractivity contribution in [3.05, 3.63) is 0 Å². The van der Waals surface area contributed by atoms with Crippen LogP contribution in [0.5, 0.6) is 0 Å². The van der Waals surface area contributed by atoms with E-state index in [1.807, 2.05) is 0 Å². The first-order chi connectivity index (χ1) is 15.9. The Balaban J connectivity index is 1.20. The third kappa shape index (κ3) is 4.14. The molecule has 6 fully saturated rings. The first-order valence-electron chi connectivity index (χ1n) is 12.0. The maximum atomic E-state index is 13.7. The second-order valence-corrected chi connectivity index (χ2v) is 12.2. The third-order valence-corrected chi connectivity index (χ3v) is 9.17. The minimum Gasteiger partial charge on any atom is -0.462 e. The van der Waals surface area contributed by atoms with Crippen molar-refractivity contribution in [2.24, 2.45) is 23.2 Å². The van der Waals surface area contributed by atoms with Crippen LogP contribution in [0.3, 0.4) is 0 Å². The number of esters is 2. The van der Waals surface area contributed by atoms with Crippen LogP contribution in [0.1, 0.15) is 64.2 Å². The second kappa shape index (κ2) is 8.35. The Hall–Kier alpha value is -1.37. The van der Waals surface area contributed by atoms with Crippen LogP contribution in [0, 0.1) is 23.2 Å². The summed E-state index contributed by atoms with van der Waals surface area (Å²) in [6.45, 7) is 0.454. The highest BCUT2D eigenvalue weighted by atomic mass is 32.2.